The Bertz CT molecular complexity index is 546. The molecule has 0 fully saturated rings. The molecule has 0 aliphatic carbocycles. The van der Waals surface area contributed by atoms with E-state index in [1.54, 1.807) is 0 Å². The van der Waals surface area contributed by atoms with Crippen LogP contribution in [0.2, 0.25) is 0 Å². The Balaban J connectivity index is 2.02. The van der Waals surface area contributed by atoms with Crippen molar-refractivity contribution < 1.29 is 9.84 Å². The van der Waals surface area contributed by atoms with Crippen LogP contribution in [0.4, 0.5) is 0 Å². The van der Waals surface area contributed by atoms with E-state index in [0.717, 1.165) is 27.7 Å². The van der Waals surface area contributed by atoms with Gasteiger partial charge in [0.15, 0.2) is 0 Å². The molecule has 2 rings (SSSR count). The van der Waals surface area contributed by atoms with Crippen molar-refractivity contribution in [2.45, 2.75) is 46.3 Å². The van der Waals surface area contributed by atoms with Gasteiger partial charge in [0.05, 0.1) is 17.2 Å². The summed E-state index contributed by atoms with van der Waals surface area (Å²) in [6.45, 7) is 6.81. The van der Waals surface area contributed by atoms with Crippen LogP contribution in [0.1, 0.15) is 47.8 Å². The molecule has 1 aromatic heterocycles. The van der Waals surface area contributed by atoms with Crippen molar-refractivity contribution >= 4 is 11.3 Å². The quantitative estimate of drug-likeness (QED) is 0.877. The third kappa shape index (κ3) is 3.58. The second kappa shape index (κ2) is 6.86. The lowest BCUT2D eigenvalue weighted by Crippen LogP contribution is -1.97. The van der Waals surface area contributed by atoms with E-state index < -0.39 is 0 Å². The molecule has 0 saturated carbocycles. The molecule has 2 aromatic rings. The number of ether oxygens (including phenoxy) is 1. The fourth-order valence-electron chi connectivity index (χ4n) is 2.01. The number of hydrogen-bond donors (Lipinski definition) is 1. The third-order valence-corrected chi connectivity index (χ3v) is 4.19. The number of thiazole rings is 1. The highest BCUT2D eigenvalue weighted by atomic mass is 32.1. The largest absolute Gasteiger partial charge is 0.486 e. The molecule has 1 aromatic carbocycles. The average Bonchev–Trinajstić information content (AvgIpc) is 2.89. The van der Waals surface area contributed by atoms with Crippen molar-refractivity contribution in [3.05, 3.63) is 45.4 Å². The highest BCUT2D eigenvalue weighted by Crippen LogP contribution is 2.26. The Hall–Kier alpha value is -1.39. The van der Waals surface area contributed by atoms with Crippen molar-refractivity contribution in [1.82, 2.24) is 4.98 Å². The number of hydrogen-bond acceptors (Lipinski definition) is 4. The Morgan fingerprint density at radius 1 is 1.25 bits per heavy atom. The van der Waals surface area contributed by atoms with Crippen LogP contribution in [-0.2, 0) is 19.6 Å². The lowest BCUT2D eigenvalue weighted by molar-refractivity contribution is 0.283. The molecule has 0 unspecified atom stereocenters. The monoisotopic (exact) mass is 291 g/mol. The number of aryl methyl sites for hydroxylation is 1. The summed E-state index contributed by atoms with van der Waals surface area (Å²) < 4.78 is 5.75. The predicted molar refractivity (Wildman–Crippen MR) is 82.3 cm³/mol. The Kier molecular flexibility index (Phi) is 5.15. The van der Waals surface area contributed by atoms with E-state index in [9.17, 15) is 5.11 Å². The molecule has 0 aliphatic rings. The number of aliphatic hydroxyl groups excluding tert-OH is 1. The SMILES string of the molecule is CCc1ccc(OCc2nc(C(C)C)c(CO)s2)cc1. The molecule has 1 heterocycles. The predicted octanol–water partition coefficient (Wildman–Crippen LogP) is 3.90. The Morgan fingerprint density at radius 2 is 1.95 bits per heavy atom. The van der Waals surface area contributed by atoms with Gasteiger partial charge in [-0.25, -0.2) is 4.98 Å². The van der Waals surface area contributed by atoms with Crippen molar-refractivity contribution in [2.75, 3.05) is 0 Å². The van der Waals surface area contributed by atoms with Crippen LogP contribution in [0, 0.1) is 0 Å². The second-order valence-corrected chi connectivity index (χ2v) is 6.18. The standard InChI is InChI=1S/C16H21NO2S/c1-4-12-5-7-13(8-6-12)19-10-15-17-16(11(2)3)14(9-18)20-15/h5-8,11,18H,4,9-10H2,1-3H3. The summed E-state index contributed by atoms with van der Waals surface area (Å²) in [5, 5.41) is 10.3. The molecular weight excluding hydrogens is 270 g/mol. The molecule has 0 saturated heterocycles. The number of aliphatic hydroxyl groups is 1. The van der Waals surface area contributed by atoms with Crippen LogP contribution in [0.25, 0.3) is 0 Å². The van der Waals surface area contributed by atoms with Crippen LogP contribution in [0.3, 0.4) is 0 Å². The molecular formula is C16H21NO2S. The first-order valence-corrected chi connectivity index (χ1v) is 7.76. The minimum absolute atomic E-state index is 0.0520. The Labute approximate surface area is 124 Å². The van der Waals surface area contributed by atoms with Crippen molar-refractivity contribution in [1.29, 1.82) is 0 Å². The molecule has 108 valence electrons. The van der Waals surface area contributed by atoms with Crippen LogP contribution >= 0.6 is 11.3 Å². The van der Waals surface area contributed by atoms with Gasteiger partial charge in [-0.2, -0.15) is 0 Å². The number of nitrogens with zero attached hydrogens (tertiary/aromatic N) is 1. The van der Waals surface area contributed by atoms with Crippen molar-refractivity contribution in [2.24, 2.45) is 0 Å². The summed E-state index contributed by atoms with van der Waals surface area (Å²) >= 11 is 1.53. The van der Waals surface area contributed by atoms with Gasteiger partial charge in [-0.05, 0) is 30.0 Å². The molecule has 0 radical (unpaired) electrons. The summed E-state index contributed by atoms with van der Waals surface area (Å²) in [4.78, 5) is 5.51. The van der Waals surface area contributed by atoms with E-state index in [1.807, 2.05) is 12.1 Å². The normalized spacial score (nSPS) is 11.1. The first-order chi connectivity index (χ1) is 9.63. The van der Waals surface area contributed by atoms with E-state index in [4.69, 9.17) is 4.74 Å². The van der Waals surface area contributed by atoms with E-state index >= 15 is 0 Å². The summed E-state index contributed by atoms with van der Waals surface area (Å²) in [5.41, 5.74) is 2.29. The minimum Gasteiger partial charge on any atom is -0.486 e. The fourth-order valence-corrected chi connectivity index (χ4v) is 3.00. The second-order valence-electron chi connectivity index (χ2n) is 5.02. The molecule has 0 atom stereocenters. The lowest BCUT2D eigenvalue weighted by atomic mass is 10.1. The molecule has 4 heteroatoms. The zero-order valence-electron chi connectivity index (χ0n) is 12.2. The topological polar surface area (TPSA) is 42.4 Å². The highest BCUT2D eigenvalue weighted by Gasteiger charge is 2.13. The van der Waals surface area contributed by atoms with E-state index in [-0.39, 0.29) is 6.61 Å². The maximum absolute atomic E-state index is 9.35. The first kappa shape index (κ1) is 15.0. The van der Waals surface area contributed by atoms with Gasteiger partial charge in [-0.3, -0.25) is 0 Å². The summed E-state index contributed by atoms with van der Waals surface area (Å²) in [5.74, 6) is 1.18. The van der Waals surface area contributed by atoms with E-state index in [2.05, 4.69) is 37.9 Å². The van der Waals surface area contributed by atoms with Gasteiger partial charge >= 0.3 is 0 Å². The third-order valence-electron chi connectivity index (χ3n) is 3.16. The summed E-state index contributed by atoms with van der Waals surface area (Å²) in [6, 6.07) is 8.14. The summed E-state index contributed by atoms with van der Waals surface area (Å²) in [6.07, 6.45) is 1.03. The molecule has 0 bridgehead atoms. The summed E-state index contributed by atoms with van der Waals surface area (Å²) in [7, 11) is 0. The molecule has 1 N–H and O–H groups in total. The van der Waals surface area contributed by atoms with Gasteiger partial charge in [0, 0.05) is 0 Å². The van der Waals surface area contributed by atoms with Gasteiger partial charge < -0.3 is 9.84 Å². The minimum atomic E-state index is 0.0520. The number of aromatic nitrogens is 1. The van der Waals surface area contributed by atoms with Crippen LogP contribution < -0.4 is 4.74 Å². The zero-order valence-corrected chi connectivity index (χ0v) is 13.0. The van der Waals surface area contributed by atoms with Crippen LogP contribution in [-0.4, -0.2) is 10.1 Å². The van der Waals surface area contributed by atoms with Gasteiger partial charge in [0.1, 0.15) is 17.4 Å². The molecule has 0 amide bonds. The average molecular weight is 291 g/mol. The zero-order chi connectivity index (χ0) is 14.5. The molecule has 3 nitrogen and oxygen atoms in total. The highest BCUT2D eigenvalue weighted by molar-refractivity contribution is 7.11. The van der Waals surface area contributed by atoms with Gasteiger partial charge in [0.2, 0.25) is 0 Å². The van der Waals surface area contributed by atoms with Gasteiger partial charge in [-0.15, -0.1) is 11.3 Å². The first-order valence-electron chi connectivity index (χ1n) is 6.95. The molecule has 0 aliphatic heterocycles. The number of benzene rings is 1. The van der Waals surface area contributed by atoms with Gasteiger partial charge in [0.25, 0.3) is 0 Å². The van der Waals surface area contributed by atoms with Crippen molar-refractivity contribution in [3.8, 4) is 5.75 Å². The molecule has 0 spiro atoms. The van der Waals surface area contributed by atoms with Crippen LogP contribution in [0.15, 0.2) is 24.3 Å². The van der Waals surface area contributed by atoms with Crippen LogP contribution in [0.5, 0.6) is 5.75 Å². The van der Waals surface area contributed by atoms with Crippen molar-refractivity contribution in [3.63, 3.8) is 0 Å². The van der Waals surface area contributed by atoms with Gasteiger partial charge in [-0.1, -0.05) is 32.9 Å². The Morgan fingerprint density at radius 3 is 2.45 bits per heavy atom. The number of rotatable bonds is 6. The maximum Gasteiger partial charge on any atom is 0.140 e. The maximum atomic E-state index is 9.35. The smallest absolute Gasteiger partial charge is 0.140 e. The lowest BCUT2D eigenvalue weighted by Gasteiger charge is -2.04. The van der Waals surface area contributed by atoms with E-state index in [1.165, 1.54) is 16.9 Å². The fraction of sp³-hybridized carbons (Fsp3) is 0.438. The molecule has 20 heavy (non-hydrogen) atoms. The van der Waals surface area contributed by atoms with E-state index in [0.29, 0.717) is 12.5 Å².